The second kappa shape index (κ2) is 6.77. The highest BCUT2D eigenvalue weighted by Crippen LogP contribution is 2.33. The third-order valence-electron chi connectivity index (χ3n) is 4.62. The van der Waals surface area contributed by atoms with Gasteiger partial charge in [-0.1, -0.05) is 29.8 Å². The fourth-order valence-electron chi connectivity index (χ4n) is 3.13. The zero-order valence-electron chi connectivity index (χ0n) is 13.6. The van der Waals surface area contributed by atoms with E-state index >= 15 is 0 Å². The van der Waals surface area contributed by atoms with Gasteiger partial charge >= 0.3 is 0 Å². The number of aromatic nitrogens is 1. The van der Waals surface area contributed by atoms with Gasteiger partial charge in [-0.15, -0.1) is 11.3 Å². The number of rotatable bonds is 5. The predicted molar refractivity (Wildman–Crippen MR) is 97.8 cm³/mol. The minimum Gasteiger partial charge on any atom is -0.339 e. The molecular formula is C18H18ClN3O2S. The Morgan fingerprint density at radius 3 is 2.92 bits per heavy atom. The summed E-state index contributed by atoms with van der Waals surface area (Å²) in [6.07, 6.45) is 4.89. The number of halogens is 1. The van der Waals surface area contributed by atoms with E-state index in [0.717, 1.165) is 28.3 Å². The van der Waals surface area contributed by atoms with Crippen molar-refractivity contribution in [2.24, 2.45) is 5.92 Å². The molecule has 1 saturated carbocycles. The van der Waals surface area contributed by atoms with Gasteiger partial charge < -0.3 is 10.2 Å². The SMILES string of the molecule is O=C(Nc1ncc(Cc2ccccc2Cl)s1)[C@@H]1CC(=O)N(C2CC2)C1. The lowest BCUT2D eigenvalue weighted by Crippen LogP contribution is -2.29. The van der Waals surface area contributed by atoms with Crippen molar-refractivity contribution >= 4 is 39.9 Å². The monoisotopic (exact) mass is 375 g/mol. The molecule has 2 fully saturated rings. The maximum atomic E-state index is 12.4. The number of thiazole rings is 1. The molecule has 2 aromatic rings. The van der Waals surface area contributed by atoms with Gasteiger partial charge in [0, 0.05) is 41.5 Å². The number of nitrogens with zero attached hydrogens (tertiary/aromatic N) is 2. The van der Waals surface area contributed by atoms with Crippen LogP contribution in [0.3, 0.4) is 0 Å². The summed E-state index contributed by atoms with van der Waals surface area (Å²) in [6, 6.07) is 8.07. The molecule has 2 heterocycles. The molecule has 0 spiro atoms. The summed E-state index contributed by atoms with van der Waals surface area (Å²) in [6.45, 7) is 0.535. The molecule has 25 heavy (non-hydrogen) atoms. The summed E-state index contributed by atoms with van der Waals surface area (Å²) in [5.74, 6) is -0.291. The third kappa shape index (κ3) is 3.70. The molecule has 1 aromatic heterocycles. The van der Waals surface area contributed by atoms with Crippen LogP contribution in [0.15, 0.2) is 30.5 Å². The number of benzene rings is 1. The minimum atomic E-state index is -0.274. The quantitative estimate of drug-likeness (QED) is 0.871. The van der Waals surface area contributed by atoms with Gasteiger partial charge in [-0.3, -0.25) is 9.59 Å². The summed E-state index contributed by atoms with van der Waals surface area (Å²) < 4.78 is 0. The zero-order chi connectivity index (χ0) is 17.4. The van der Waals surface area contributed by atoms with Gasteiger partial charge in [0.1, 0.15) is 0 Å². The van der Waals surface area contributed by atoms with Gasteiger partial charge in [-0.05, 0) is 24.5 Å². The molecule has 1 N–H and O–H groups in total. The van der Waals surface area contributed by atoms with Crippen molar-refractivity contribution in [2.75, 3.05) is 11.9 Å². The van der Waals surface area contributed by atoms with E-state index in [4.69, 9.17) is 11.6 Å². The molecule has 0 bridgehead atoms. The number of nitrogens with one attached hydrogen (secondary N) is 1. The van der Waals surface area contributed by atoms with Gasteiger partial charge in [0.25, 0.3) is 0 Å². The Morgan fingerprint density at radius 2 is 2.16 bits per heavy atom. The van der Waals surface area contributed by atoms with E-state index in [0.29, 0.717) is 30.6 Å². The van der Waals surface area contributed by atoms with Gasteiger partial charge in [0.2, 0.25) is 11.8 Å². The molecule has 0 radical (unpaired) electrons. The van der Waals surface area contributed by atoms with Crippen molar-refractivity contribution in [3.05, 3.63) is 45.9 Å². The summed E-state index contributed by atoms with van der Waals surface area (Å²) >= 11 is 7.63. The number of anilines is 1. The topological polar surface area (TPSA) is 62.3 Å². The Kier molecular flexibility index (Phi) is 4.48. The van der Waals surface area contributed by atoms with Gasteiger partial charge in [-0.2, -0.15) is 0 Å². The fraction of sp³-hybridized carbons (Fsp3) is 0.389. The van der Waals surface area contributed by atoms with Crippen LogP contribution in [0.5, 0.6) is 0 Å². The highest BCUT2D eigenvalue weighted by Gasteiger charge is 2.41. The van der Waals surface area contributed by atoms with E-state index in [1.165, 1.54) is 11.3 Å². The second-order valence-electron chi connectivity index (χ2n) is 6.57. The lowest BCUT2D eigenvalue weighted by atomic mass is 10.1. The van der Waals surface area contributed by atoms with Crippen molar-refractivity contribution < 1.29 is 9.59 Å². The number of hydrogen-bond donors (Lipinski definition) is 1. The van der Waals surface area contributed by atoms with Crippen LogP contribution in [0, 0.1) is 5.92 Å². The summed E-state index contributed by atoms with van der Waals surface area (Å²) in [5.41, 5.74) is 1.03. The normalized spacial score (nSPS) is 20.1. The Balaban J connectivity index is 1.37. The molecular weight excluding hydrogens is 358 g/mol. The molecule has 1 aromatic carbocycles. The van der Waals surface area contributed by atoms with E-state index in [-0.39, 0.29) is 17.7 Å². The Morgan fingerprint density at radius 1 is 1.36 bits per heavy atom. The number of amides is 2. The molecule has 2 amide bonds. The van der Waals surface area contributed by atoms with Crippen LogP contribution in [0.4, 0.5) is 5.13 Å². The van der Waals surface area contributed by atoms with Crippen LogP contribution >= 0.6 is 22.9 Å². The Hall–Kier alpha value is -1.92. The Labute approximate surface area is 155 Å². The summed E-state index contributed by atoms with van der Waals surface area (Å²) in [5, 5.41) is 4.16. The molecule has 5 nitrogen and oxygen atoms in total. The van der Waals surface area contributed by atoms with E-state index < -0.39 is 0 Å². The van der Waals surface area contributed by atoms with Crippen molar-refractivity contribution in [1.29, 1.82) is 0 Å². The first-order valence-corrected chi connectivity index (χ1v) is 9.58. The molecule has 130 valence electrons. The number of hydrogen-bond acceptors (Lipinski definition) is 4. The van der Waals surface area contributed by atoms with E-state index in [1.54, 1.807) is 6.20 Å². The van der Waals surface area contributed by atoms with Crippen LogP contribution in [0.1, 0.15) is 29.7 Å². The number of carbonyl (C=O) groups is 2. The third-order valence-corrected chi connectivity index (χ3v) is 5.90. The van der Waals surface area contributed by atoms with Crippen LogP contribution in [-0.4, -0.2) is 34.3 Å². The summed E-state index contributed by atoms with van der Waals surface area (Å²) in [7, 11) is 0. The van der Waals surface area contributed by atoms with Crippen molar-refractivity contribution in [2.45, 2.75) is 31.7 Å². The van der Waals surface area contributed by atoms with Crippen molar-refractivity contribution in [1.82, 2.24) is 9.88 Å². The largest absolute Gasteiger partial charge is 0.339 e. The van der Waals surface area contributed by atoms with E-state index in [1.807, 2.05) is 29.2 Å². The smallest absolute Gasteiger partial charge is 0.231 e. The molecule has 7 heteroatoms. The van der Waals surface area contributed by atoms with Crippen molar-refractivity contribution in [3.63, 3.8) is 0 Å². The van der Waals surface area contributed by atoms with Gasteiger partial charge in [0.05, 0.1) is 5.92 Å². The lowest BCUT2D eigenvalue weighted by Gasteiger charge is -2.14. The predicted octanol–water partition coefficient (Wildman–Crippen LogP) is 3.34. The maximum Gasteiger partial charge on any atom is 0.231 e. The molecule has 1 aliphatic heterocycles. The molecule has 1 aliphatic carbocycles. The van der Waals surface area contributed by atoms with Crippen LogP contribution < -0.4 is 5.32 Å². The van der Waals surface area contributed by atoms with Crippen molar-refractivity contribution in [3.8, 4) is 0 Å². The highest BCUT2D eigenvalue weighted by molar-refractivity contribution is 7.15. The summed E-state index contributed by atoms with van der Waals surface area (Å²) in [4.78, 5) is 31.6. The Bertz CT molecular complexity index is 818. The van der Waals surface area contributed by atoms with Crippen LogP contribution in [0.2, 0.25) is 5.02 Å². The average molecular weight is 376 g/mol. The molecule has 1 saturated heterocycles. The van der Waals surface area contributed by atoms with Gasteiger partial charge in [0.15, 0.2) is 5.13 Å². The fourth-order valence-corrected chi connectivity index (χ4v) is 4.17. The first-order valence-electron chi connectivity index (χ1n) is 8.38. The standard InChI is InChI=1S/C18H18ClN3O2S/c19-15-4-2-1-3-11(15)7-14-9-20-18(25-14)21-17(24)12-8-16(23)22(10-12)13-5-6-13/h1-4,9,12-13H,5-8,10H2,(H,20,21,24)/t12-/m1/s1. The molecule has 1 atom stereocenters. The van der Waals surface area contributed by atoms with Crippen LogP contribution in [-0.2, 0) is 16.0 Å². The minimum absolute atomic E-state index is 0.0983. The molecule has 2 aliphatic rings. The molecule has 0 unspecified atom stereocenters. The maximum absolute atomic E-state index is 12.4. The van der Waals surface area contributed by atoms with Crippen LogP contribution in [0.25, 0.3) is 0 Å². The first-order chi connectivity index (χ1) is 12.1. The van der Waals surface area contributed by atoms with E-state index in [9.17, 15) is 9.59 Å². The first kappa shape index (κ1) is 16.5. The lowest BCUT2D eigenvalue weighted by molar-refractivity contribution is -0.128. The zero-order valence-corrected chi connectivity index (χ0v) is 15.1. The second-order valence-corrected chi connectivity index (χ2v) is 8.09. The number of carbonyl (C=O) groups excluding carboxylic acids is 2. The average Bonchev–Trinajstić information content (AvgIpc) is 3.22. The number of likely N-dealkylation sites (tertiary alicyclic amines) is 1. The van der Waals surface area contributed by atoms with Gasteiger partial charge in [-0.25, -0.2) is 4.98 Å². The van der Waals surface area contributed by atoms with E-state index in [2.05, 4.69) is 10.3 Å². The highest BCUT2D eigenvalue weighted by atomic mass is 35.5. The molecule has 4 rings (SSSR count).